The van der Waals surface area contributed by atoms with Gasteiger partial charge in [0.2, 0.25) is 0 Å². The first-order valence-electron chi connectivity index (χ1n) is 19.0. The first-order valence-corrected chi connectivity index (χ1v) is 19.0. The van der Waals surface area contributed by atoms with E-state index >= 15 is 0 Å². The highest BCUT2D eigenvalue weighted by Gasteiger charge is 2.43. The summed E-state index contributed by atoms with van der Waals surface area (Å²) in [6.07, 6.45) is 2.11. The Labute approximate surface area is 313 Å². The zero-order chi connectivity index (χ0) is 35.9. The van der Waals surface area contributed by atoms with Crippen LogP contribution >= 0.6 is 0 Å². The molecular weight excluding hydrogens is 639 g/mol. The largest absolute Gasteiger partial charge is 0.309 e. The molecule has 1 aliphatic carbocycles. The second-order valence-corrected chi connectivity index (χ2v) is 14.4. The number of anilines is 3. The predicted molar refractivity (Wildman–Crippen MR) is 226 cm³/mol. The Bertz CT molecular complexity index is 2590. The van der Waals surface area contributed by atoms with Crippen LogP contribution in [0.5, 0.6) is 0 Å². The SMILES string of the molecule is CCC1(CC)c2ccccc2-c2c1cc1ccccc1c2N(c1ccc(-c2ccccc2-c2ccccc2-c2ccccc2)cc1)c1cccc(C)c1. The molecule has 0 spiro atoms. The topological polar surface area (TPSA) is 3.24 Å². The van der Waals surface area contributed by atoms with Gasteiger partial charge in [0.25, 0.3) is 0 Å². The molecule has 1 aliphatic rings. The highest BCUT2D eigenvalue weighted by atomic mass is 15.1. The second-order valence-electron chi connectivity index (χ2n) is 14.4. The number of fused-ring (bicyclic) bond motifs is 4. The lowest BCUT2D eigenvalue weighted by Gasteiger charge is -2.32. The molecule has 0 unspecified atom stereocenters. The standard InChI is InChI=1S/C52H43N/c1-4-52(5-2)48-29-16-15-28-47(48)50-49(52)35-39-21-9-10-25-44(39)51(50)53(41-22-17-18-36(3)34-41)40-32-30-38(31-33-40)43-24-12-14-27-46(43)45-26-13-11-23-42(45)37-19-7-6-8-20-37/h6-35H,4-5H2,1-3H3. The molecule has 0 N–H and O–H groups in total. The van der Waals surface area contributed by atoms with Gasteiger partial charge in [-0.25, -0.2) is 0 Å². The van der Waals surface area contributed by atoms with Gasteiger partial charge < -0.3 is 4.90 Å². The lowest BCUT2D eigenvalue weighted by molar-refractivity contribution is 0.491. The van der Waals surface area contributed by atoms with Gasteiger partial charge in [-0.05, 0) is 111 Å². The van der Waals surface area contributed by atoms with Crippen molar-refractivity contribution in [3.8, 4) is 44.5 Å². The van der Waals surface area contributed by atoms with Gasteiger partial charge in [0.15, 0.2) is 0 Å². The number of rotatable bonds is 8. The van der Waals surface area contributed by atoms with Crippen molar-refractivity contribution in [1.29, 1.82) is 0 Å². The van der Waals surface area contributed by atoms with Crippen LogP contribution in [0.15, 0.2) is 182 Å². The Balaban J connectivity index is 1.25. The molecule has 8 aromatic rings. The first-order chi connectivity index (χ1) is 26.1. The van der Waals surface area contributed by atoms with E-state index in [-0.39, 0.29) is 5.41 Å². The third kappa shape index (κ3) is 5.39. The van der Waals surface area contributed by atoms with Crippen LogP contribution in [0.1, 0.15) is 43.4 Å². The zero-order valence-corrected chi connectivity index (χ0v) is 30.7. The van der Waals surface area contributed by atoms with Crippen molar-refractivity contribution in [2.24, 2.45) is 0 Å². The fourth-order valence-electron chi connectivity index (χ4n) is 9.01. The summed E-state index contributed by atoms with van der Waals surface area (Å²) in [5.41, 5.74) is 17.7. The van der Waals surface area contributed by atoms with Gasteiger partial charge in [0.05, 0.1) is 5.69 Å². The molecule has 53 heavy (non-hydrogen) atoms. The minimum atomic E-state index is -0.0351. The summed E-state index contributed by atoms with van der Waals surface area (Å²) in [7, 11) is 0. The van der Waals surface area contributed by atoms with Gasteiger partial charge in [-0.1, -0.05) is 166 Å². The average molecular weight is 682 g/mol. The third-order valence-electron chi connectivity index (χ3n) is 11.6. The quantitative estimate of drug-likeness (QED) is 0.154. The van der Waals surface area contributed by atoms with Crippen LogP contribution < -0.4 is 4.90 Å². The van der Waals surface area contributed by atoms with Gasteiger partial charge in [-0.2, -0.15) is 0 Å². The van der Waals surface area contributed by atoms with E-state index < -0.39 is 0 Å². The van der Waals surface area contributed by atoms with Gasteiger partial charge >= 0.3 is 0 Å². The van der Waals surface area contributed by atoms with Crippen molar-refractivity contribution in [1.82, 2.24) is 0 Å². The fraction of sp³-hybridized carbons (Fsp3) is 0.115. The zero-order valence-electron chi connectivity index (χ0n) is 30.7. The maximum absolute atomic E-state index is 2.52. The first kappa shape index (κ1) is 32.7. The van der Waals surface area contributed by atoms with Gasteiger partial charge in [0.1, 0.15) is 0 Å². The molecular formula is C52H43N. The van der Waals surface area contributed by atoms with E-state index in [1.807, 2.05) is 0 Å². The maximum atomic E-state index is 2.52. The smallest absolute Gasteiger partial charge is 0.0621 e. The minimum absolute atomic E-state index is 0.0351. The summed E-state index contributed by atoms with van der Waals surface area (Å²) < 4.78 is 0. The molecule has 0 radical (unpaired) electrons. The molecule has 1 heteroatoms. The minimum Gasteiger partial charge on any atom is -0.309 e. The van der Waals surface area contributed by atoms with Gasteiger partial charge in [0, 0.05) is 27.7 Å². The molecule has 8 aromatic carbocycles. The van der Waals surface area contributed by atoms with Gasteiger partial charge in [-0.15, -0.1) is 0 Å². The highest BCUT2D eigenvalue weighted by Crippen LogP contribution is 2.59. The van der Waals surface area contributed by atoms with E-state index in [1.54, 1.807) is 0 Å². The molecule has 0 atom stereocenters. The van der Waals surface area contributed by atoms with Crippen LogP contribution in [0, 0.1) is 6.92 Å². The lowest BCUT2D eigenvalue weighted by atomic mass is 9.73. The third-order valence-corrected chi connectivity index (χ3v) is 11.6. The van der Waals surface area contributed by atoms with Crippen molar-refractivity contribution >= 4 is 27.8 Å². The molecule has 0 heterocycles. The number of benzene rings is 8. The summed E-state index contributed by atoms with van der Waals surface area (Å²) >= 11 is 0. The Morgan fingerprint density at radius 3 is 1.66 bits per heavy atom. The molecule has 0 saturated carbocycles. The lowest BCUT2D eigenvalue weighted by Crippen LogP contribution is -2.23. The monoisotopic (exact) mass is 681 g/mol. The Morgan fingerprint density at radius 2 is 1.00 bits per heavy atom. The van der Waals surface area contributed by atoms with E-state index in [4.69, 9.17) is 0 Å². The van der Waals surface area contributed by atoms with Crippen molar-refractivity contribution in [2.75, 3.05) is 4.90 Å². The molecule has 9 rings (SSSR count). The molecule has 1 nitrogen and oxygen atoms in total. The molecule has 0 saturated heterocycles. The molecule has 0 aromatic heterocycles. The van der Waals surface area contributed by atoms with Crippen LogP contribution in [0.3, 0.4) is 0 Å². The molecule has 0 aliphatic heterocycles. The van der Waals surface area contributed by atoms with E-state index in [1.165, 1.54) is 77.7 Å². The molecule has 0 fully saturated rings. The Hall–Kier alpha value is -6.18. The van der Waals surface area contributed by atoms with Crippen LogP contribution in [0.4, 0.5) is 17.1 Å². The van der Waals surface area contributed by atoms with Crippen molar-refractivity contribution in [3.05, 3.63) is 199 Å². The summed E-state index contributed by atoms with van der Waals surface area (Å²) in [5, 5.41) is 2.54. The normalized spacial score (nSPS) is 12.7. The van der Waals surface area contributed by atoms with Gasteiger partial charge in [-0.3, -0.25) is 0 Å². The Kier molecular flexibility index (Phi) is 8.28. The molecule has 0 bridgehead atoms. The number of nitrogens with zero attached hydrogens (tertiary/aromatic N) is 1. The molecule has 256 valence electrons. The van der Waals surface area contributed by atoms with Crippen LogP contribution in [-0.4, -0.2) is 0 Å². The van der Waals surface area contributed by atoms with Crippen LogP contribution in [-0.2, 0) is 5.41 Å². The van der Waals surface area contributed by atoms with Crippen molar-refractivity contribution in [3.63, 3.8) is 0 Å². The maximum Gasteiger partial charge on any atom is 0.0621 e. The second kappa shape index (κ2) is 13.4. The molecule has 0 amide bonds. The van der Waals surface area contributed by atoms with Crippen molar-refractivity contribution < 1.29 is 0 Å². The van der Waals surface area contributed by atoms with Crippen LogP contribution in [0.25, 0.3) is 55.3 Å². The number of hydrogen-bond donors (Lipinski definition) is 0. The predicted octanol–water partition coefficient (Wildman–Crippen LogP) is 14.7. The van der Waals surface area contributed by atoms with E-state index in [9.17, 15) is 0 Å². The summed E-state index contributed by atoms with van der Waals surface area (Å²) in [6.45, 7) is 6.91. The highest BCUT2D eigenvalue weighted by molar-refractivity contribution is 6.10. The number of aryl methyl sites for hydroxylation is 1. The average Bonchev–Trinajstić information content (AvgIpc) is 3.50. The summed E-state index contributed by atoms with van der Waals surface area (Å²) in [4.78, 5) is 2.52. The summed E-state index contributed by atoms with van der Waals surface area (Å²) in [5.74, 6) is 0. The Morgan fingerprint density at radius 1 is 0.434 bits per heavy atom. The van der Waals surface area contributed by atoms with E-state index in [2.05, 4.69) is 208 Å². The van der Waals surface area contributed by atoms with E-state index in [0.717, 1.165) is 24.2 Å². The fourth-order valence-corrected chi connectivity index (χ4v) is 9.01. The van der Waals surface area contributed by atoms with E-state index in [0.29, 0.717) is 0 Å². The number of hydrogen-bond acceptors (Lipinski definition) is 1. The summed E-state index contributed by atoms with van der Waals surface area (Å²) in [6, 6.07) is 67.1. The van der Waals surface area contributed by atoms with Crippen LogP contribution in [0.2, 0.25) is 0 Å². The van der Waals surface area contributed by atoms with Crippen molar-refractivity contribution in [2.45, 2.75) is 39.0 Å².